The van der Waals surface area contributed by atoms with Crippen molar-refractivity contribution in [1.82, 2.24) is 4.98 Å². The molecule has 1 aliphatic rings. The van der Waals surface area contributed by atoms with Crippen LogP contribution in [0.1, 0.15) is 35.3 Å². The van der Waals surface area contributed by atoms with E-state index in [2.05, 4.69) is 10.3 Å². The Bertz CT molecular complexity index is 901. The number of ether oxygens (including phenoxy) is 1. The Morgan fingerprint density at radius 2 is 1.55 bits per heavy atom. The van der Waals surface area contributed by atoms with Crippen LogP contribution in [0, 0.1) is 0 Å². The van der Waals surface area contributed by atoms with Crippen molar-refractivity contribution in [3.05, 3.63) is 53.2 Å². The summed E-state index contributed by atoms with van der Waals surface area (Å²) in [6.07, 6.45) is -8.80. The molecule has 2 heterocycles. The molecule has 1 aromatic carbocycles. The Labute approximate surface area is 174 Å². The summed E-state index contributed by atoms with van der Waals surface area (Å²) in [5.74, 6) is -0.502. The fourth-order valence-corrected chi connectivity index (χ4v) is 3.30. The summed E-state index contributed by atoms with van der Waals surface area (Å²) in [5.41, 5.74) is -3.75. The molecule has 31 heavy (non-hydrogen) atoms. The summed E-state index contributed by atoms with van der Waals surface area (Å²) in [6.45, 7) is 5.05. The SMILES string of the molecule is C[C@H]1CN(c2ccc(NC(=O)c3cc(C(F)(F)F)cc(C(F)(F)F)c3)cn2)C[C@H](C)O1. The minimum Gasteiger partial charge on any atom is -0.372 e. The predicted octanol–water partition coefficient (Wildman–Crippen LogP) is 4.99. The number of nitrogens with zero attached hydrogens (tertiary/aromatic N) is 2. The third-order valence-electron chi connectivity index (χ3n) is 4.60. The van der Waals surface area contributed by atoms with Crippen LogP contribution in [0.3, 0.4) is 0 Å². The quantitative estimate of drug-likeness (QED) is 0.674. The van der Waals surface area contributed by atoms with Crippen molar-refractivity contribution < 1.29 is 35.9 Å². The van der Waals surface area contributed by atoms with E-state index in [1.54, 1.807) is 6.07 Å². The first-order valence-corrected chi connectivity index (χ1v) is 9.30. The lowest BCUT2D eigenvalue weighted by Gasteiger charge is -2.36. The highest BCUT2D eigenvalue weighted by Crippen LogP contribution is 2.36. The van der Waals surface area contributed by atoms with E-state index in [1.807, 2.05) is 18.7 Å². The number of benzene rings is 1. The monoisotopic (exact) mass is 447 g/mol. The number of hydrogen-bond donors (Lipinski definition) is 1. The molecule has 1 amide bonds. The lowest BCUT2D eigenvalue weighted by molar-refractivity contribution is -0.143. The lowest BCUT2D eigenvalue weighted by atomic mass is 10.0. The zero-order valence-electron chi connectivity index (χ0n) is 16.5. The van der Waals surface area contributed by atoms with E-state index >= 15 is 0 Å². The molecule has 0 bridgehead atoms. The molecule has 1 N–H and O–H groups in total. The van der Waals surface area contributed by atoms with Gasteiger partial charge >= 0.3 is 12.4 Å². The number of pyridine rings is 1. The Balaban J connectivity index is 1.80. The zero-order valence-corrected chi connectivity index (χ0v) is 16.5. The van der Waals surface area contributed by atoms with Crippen molar-refractivity contribution >= 4 is 17.4 Å². The molecule has 0 aliphatic carbocycles. The van der Waals surface area contributed by atoms with Crippen molar-refractivity contribution in [1.29, 1.82) is 0 Å². The van der Waals surface area contributed by atoms with Crippen molar-refractivity contribution in [2.24, 2.45) is 0 Å². The number of halogens is 6. The number of aromatic nitrogens is 1. The molecule has 11 heteroatoms. The number of rotatable bonds is 3. The van der Waals surface area contributed by atoms with Gasteiger partial charge in [0.15, 0.2) is 0 Å². The number of anilines is 2. The third kappa shape index (κ3) is 5.66. The first-order valence-electron chi connectivity index (χ1n) is 9.30. The second-order valence-corrected chi connectivity index (χ2v) is 7.32. The van der Waals surface area contributed by atoms with Crippen molar-refractivity contribution in [3.63, 3.8) is 0 Å². The fraction of sp³-hybridized carbons (Fsp3) is 0.400. The van der Waals surface area contributed by atoms with E-state index < -0.39 is 35.0 Å². The first-order chi connectivity index (χ1) is 14.3. The maximum absolute atomic E-state index is 13.0. The molecule has 168 valence electrons. The molecule has 1 aromatic heterocycles. The van der Waals surface area contributed by atoms with Crippen LogP contribution in [0.2, 0.25) is 0 Å². The van der Waals surface area contributed by atoms with E-state index in [1.165, 1.54) is 12.3 Å². The van der Waals surface area contributed by atoms with Gasteiger partial charge in [0.1, 0.15) is 5.82 Å². The first kappa shape index (κ1) is 22.9. The molecular weight excluding hydrogens is 428 g/mol. The van der Waals surface area contributed by atoms with Crippen LogP contribution in [0.4, 0.5) is 37.8 Å². The lowest BCUT2D eigenvalue weighted by Crippen LogP contribution is -2.45. The van der Waals surface area contributed by atoms with Crippen molar-refractivity contribution in [3.8, 4) is 0 Å². The molecular formula is C20H19F6N3O2. The number of alkyl halides is 6. The molecule has 1 saturated heterocycles. The third-order valence-corrected chi connectivity index (χ3v) is 4.60. The van der Waals surface area contributed by atoms with Gasteiger partial charge in [0, 0.05) is 18.7 Å². The summed E-state index contributed by atoms with van der Waals surface area (Å²) >= 11 is 0. The van der Waals surface area contributed by atoms with E-state index in [4.69, 9.17) is 4.74 Å². The topological polar surface area (TPSA) is 54.5 Å². The molecule has 0 unspecified atom stereocenters. The van der Waals surface area contributed by atoms with Gasteiger partial charge in [-0.1, -0.05) is 0 Å². The summed E-state index contributed by atoms with van der Waals surface area (Å²) in [7, 11) is 0. The van der Waals surface area contributed by atoms with Crippen LogP contribution in [0.25, 0.3) is 0 Å². The second-order valence-electron chi connectivity index (χ2n) is 7.32. The van der Waals surface area contributed by atoms with Crippen LogP contribution in [-0.4, -0.2) is 36.2 Å². The summed E-state index contributed by atoms with van der Waals surface area (Å²) in [6, 6.07) is 3.81. The maximum Gasteiger partial charge on any atom is 0.416 e. The molecule has 5 nitrogen and oxygen atoms in total. The highest BCUT2D eigenvalue weighted by atomic mass is 19.4. The largest absolute Gasteiger partial charge is 0.416 e. The molecule has 1 aliphatic heterocycles. The smallest absolute Gasteiger partial charge is 0.372 e. The highest BCUT2D eigenvalue weighted by Gasteiger charge is 2.37. The van der Waals surface area contributed by atoms with Crippen LogP contribution < -0.4 is 10.2 Å². The Hall–Kier alpha value is -2.82. The van der Waals surface area contributed by atoms with Gasteiger partial charge in [0.05, 0.1) is 35.2 Å². The number of morpholine rings is 1. The van der Waals surface area contributed by atoms with Gasteiger partial charge in [-0.25, -0.2) is 4.98 Å². The number of carbonyl (C=O) groups excluding carboxylic acids is 1. The van der Waals surface area contributed by atoms with Crippen LogP contribution in [0.5, 0.6) is 0 Å². The fourth-order valence-electron chi connectivity index (χ4n) is 3.30. The minimum absolute atomic E-state index is 0.00586. The maximum atomic E-state index is 13.0. The molecule has 2 atom stereocenters. The highest BCUT2D eigenvalue weighted by molar-refractivity contribution is 6.04. The van der Waals surface area contributed by atoms with Gasteiger partial charge in [-0.3, -0.25) is 4.79 Å². The van der Waals surface area contributed by atoms with Crippen LogP contribution >= 0.6 is 0 Å². The van der Waals surface area contributed by atoms with Crippen LogP contribution in [-0.2, 0) is 17.1 Å². The summed E-state index contributed by atoms with van der Waals surface area (Å²) < 4.78 is 83.5. The van der Waals surface area contributed by atoms with Crippen molar-refractivity contribution in [2.75, 3.05) is 23.3 Å². The van der Waals surface area contributed by atoms with Gasteiger partial charge in [-0.05, 0) is 44.2 Å². The number of hydrogen-bond acceptors (Lipinski definition) is 4. The number of nitrogens with one attached hydrogen (secondary N) is 1. The zero-order chi connectivity index (χ0) is 23.0. The van der Waals surface area contributed by atoms with Gasteiger partial charge in [-0.2, -0.15) is 26.3 Å². The van der Waals surface area contributed by atoms with E-state index in [-0.39, 0.29) is 24.0 Å². The van der Waals surface area contributed by atoms with Gasteiger partial charge in [-0.15, -0.1) is 0 Å². The molecule has 2 aromatic rings. The number of carbonyl (C=O) groups is 1. The second kappa shape index (κ2) is 8.37. The normalized spacial score (nSPS) is 19.9. The van der Waals surface area contributed by atoms with E-state index in [9.17, 15) is 31.1 Å². The van der Waals surface area contributed by atoms with Gasteiger partial charge < -0.3 is 15.0 Å². The summed E-state index contributed by atoms with van der Waals surface area (Å²) in [4.78, 5) is 18.6. The van der Waals surface area contributed by atoms with Gasteiger partial charge in [0.25, 0.3) is 5.91 Å². The van der Waals surface area contributed by atoms with Gasteiger partial charge in [0.2, 0.25) is 0 Å². The van der Waals surface area contributed by atoms with E-state index in [0.717, 1.165) is 0 Å². The molecule has 0 spiro atoms. The molecule has 0 radical (unpaired) electrons. The summed E-state index contributed by atoms with van der Waals surface area (Å²) in [5, 5.41) is 2.28. The average Bonchev–Trinajstić information content (AvgIpc) is 2.66. The average molecular weight is 447 g/mol. The molecule has 0 saturated carbocycles. The molecule has 1 fully saturated rings. The van der Waals surface area contributed by atoms with Crippen LogP contribution in [0.15, 0.2) is 36.5 Å². The van der Waals surface area contributed by atoms with E-state index in [0.29, 0.717) is 31.0 Å². The number of amides is 1. The minimum atomic E-state index is -5.04. The Kier molecular flexibility index (Phi) is 6.17. The molecule has 3 rings (SSSR count). The van der Waals surface area contributed by atoms with Crippen molar-refractivity contribution in [2.45, 2.75) is 38.4 Å². The Morgan fingerprint density at radius 3 is 2.00 bits per heavy atom. The standard InChI is InChI=1S/C20H19F6N3O2/c1-11-9-29(10-12(2)31-11)17-4-3-16(8-27-17)28-18(30)13-5-14(19(21,22)23)7-15(6-13)20(24,25)26/h3-8,11-12H,9-10H2,1-2H3,(H,28,30)/t11-,12-/m0/s1. The Morgan fingerprint density at radius 1 is 1.00 bits per heavy atom. The predicted molar refractivity (Wildman–Crippen MR) is 101 cm³/mol.